The van der Waals surface area contributed by atoms with Gasteiger partial charge in [-0.3, -0.25) is 4.79 Å². The monoisotopic (exact) mass is 363 g/mol. The first-order chi connectivity index (χ1) is 12.9. The van der Waals surface area contributed by atoms with Crippen molar-refractivity contribution in [2.24, 2.45) is 0 Å². The van der Waals surface area contributed by atoms with Crippen LogP contribution in [0.4, 0.5) is 5.82 Å². The van der Waals surface area contributed by atoms with Crippen molar-refractivity contribution in [3.63, 3.8) is 0 Å². The van der Waals surface area contributed by atoms with Gasteiger partial charge in [0.2, 0.25) is 5.91 Å². The van der Waals surface area contributed by atoms with Crippen LogP contribution in [0.2, 0.25) is 0 Å². The van der Waals surface area contributed by atoms with Gasteiger partial charge in [-0.15, -0.1) is 0 Å². The zero-order valence-electron chi connectivity index (χ0n) is 16.6. The first kappa shape index (κ1) is 18.0. The summed E-state index contributed by atoms with van der Waals surface area (Å²) < 4.78 is 0. The first-order valence-electron chi connectivity index (χ1n) is 9.97. The minimum atomic E-state index is -0.274. The molecule has 1 amide bonds. The molecule has 1 aliphatic carbocycles. The lowest BCUT2D eigenvalue weighted by molar-refractivity contribution is -0.134. The van der Waals surface area contributed by atoms with Crippen molar-refractivity contribution in [3.8, 4) is 0 Å². The molecule has 4 rings (SSSR count). The highest BCUT2D eigenvalue weighted by molar-refractivity contribution is 5.91. The van der Waals surface area contributed by atoms with E-state index in [0.717, 1.165) is 44.8 Å². The van der Waals surface area contributed by atoms with Crippen LogP contribution in [0.15, 0.2) is 48.7 Å². The van der Waals surface area contributed by atoms with Crippen molar-refractivity contribution in [1.82, 2.24) is 9.88 Å². The van der Waals surface area contributed by atoms with Crippen LogP contribution in [-0.4, -0.2) is 42.0 Å². The summed E-state index contributed by atoms with van der Waals surface area (Å²) in [5.74, 6) is 1.31. The molecule has 0 atom stereocenters. The van der Waals surface area contributed by atoms with Crippen molar-refractivity contribution >= 4 is 11.7 Å². The largest absolute Gasteiger partial charge is 0.353 e. The molecule has 142 valence electrons. The maximum absolute atomic E-state index is 13.3. The number of benzene rings is 1. The van der Waals surface area contributed by atoms with Gasteiger partial charge in [-0.2, -0.15) is 0 Å². The van der Waals surface area contributed by atoms with Gasteiger partial charge in [0, 0.05) is 32.4 Å². The normalized spacial score (nSPS) is 19.1. The van der Waals surface area contributed by atoms with Gasteiger partial charge in [0.1, 0.15) is 5.82 Å². The minimum Gasteiger partial charge on any atom is -0.353 e. The fourth-order valence-corrected chi connectivity index (χ4v) is 4.02. The number of hydrogen-bond acceptors (Lipinski definition) is 3. The molecule has 1 saturated carbocycles. The summed E-state index contributed by atoms with van der Waals surface area (Å²) in [7, 11) is 0. The standard InChI is InChI=1S/C23H29N3O/c1-22(2,3)18-7-9-19(10-8-18)23(11-12-23)21(27)26-16-14-25(15-17-26)20-6-4-5-13-24-20/h4-10,13H,11-12,14-17H2,1-3H3. The summed E-state index contributed by atoms with van der Waals surface area (Å²) >= 11 is 0. The summed E-state index contributed by atoms with van der Waals surface area (Å²) in [6.45, 7) is 9.92. The third-order valence-corrected chi connectivity index (χ3v) is 6.00. The highest BCUT2D eigenvalue weighted by atomic mass is 16.2. The van der Waals surface area contributed by atoms with Gasteiger partial charge < -0.3 is 9.80 Å². The maximum atomic E-state index is 13.3. The van der Waals surface area contributed by atoms with Gasteiger partial charge in [-0.1, -0.05) is 51.1 Å². The minimum absolute atomic E-state index is 0.140. The predicted octanol–water partition coefficient (Wildman–Crippen LogP) is 3.76. The van der Waals surface area contributed by atoms with E-state index < -0.39 is 0 Å². The Balaban J connectivity index is 1.44. The second-order valence-electron chi connectivity index (χ2n) is 8.88. The molecule has 2 aliphatic rings. The summed E-state index contributed by atoms with van der Waals surface area (Å²) in [5, 5.41) is 0. The van der Waals surface area contributed by atoms with Crippen molar-refractivity contribution < 1.29 is 4.79 Å². The fraction of sp³-hybridized carbons (Fsp3) is 0.478. The molecule has 0 radical (unpaired) electrons. The SMILES string of the molecule is CC(C)(C)c1ccc(C2(C(=O)N3CCN(c4ccccn4)CC3)CC2)cc1. The average molecular weight is 364 g/mol. The number of amides is 1. The molecule has 4 nitrogen and oxygen atoms in total. The molecular formula is C23H29N3O. The smallest absolute Gasteiger partial charge is 0.233 e. The number of anilines is 1. The van der Waals surface area contributed by atoms with Gasteiger partial charge in [-0.25, -0.2) is 4.98 Å². The Bertz CT molecular complexity index is 796. The predicted molar refractivity (Wildman–Crippen MR) is 109 cm³/mol. The molecule has 2 aromatic rings. The number of carbonyl (C=O) groups excluding carboxylic acids is 1. The molecule has 4 heteroatoms. The topological polar surface area (TPSA) is 36.4 Å². The molecule has 1 aromatic heterocycles. The number of nitrogens with zero attached hydrogens (tertiary/aromatic N) is 3. The molecule has 0 bridgehead atoms. The number of carbonyl (C=O) groups is 1. The zero-order valence-corrected chi connectivity index (χ0v) is 16.6. The van der Waals surface area contributed by atoms with Crippen LogP contribution >= 0.6 is 0 Å². The Morgan fingerprint density at radius 1 is 0.963 bits per heavy atom. The fourth-order valence-electron chi connectivity index (χ4n) is 4.02. The van der Waals surface area contributed by atoms with Gasteiger partial charge in [-0.05, 0) is 41.5 Å². The van der Waals surface area contributed by atoms with Crippen LogP contribution in [-0.2, 0) is 15.6 Å². The third kappa shape index (κ3) is 3.45. The Morgan fingerprint density at radius 3 is 2.15 bits per heavy atom. The number of hydrogen-bond donors (Lipinski definition) is 0. The van der Waals surface area contributed by atoms with E-state index in [9.17, 15) is 4.79 Å². The van der Waals surface area contributed by atoms with Gasteiger partial charge in [0.25, 0.3) is 0 Å². The molecule has 0 unspecified atom stereocenters. The molecule has 0 N–H and O–H groups in total. The number of rotatable bonds is 3. The molecule has 2 heterocycles. The van der Waals surface area contributed by atoms with E-state index in [1.54, 1.807) is 0 Å². The van der Waals surface area contributed by atoms with Crippen molar-refractivity contribution in [2.45, 2.75) is 44.4 Å². The molecule has 27 heavy (non-hydrogen) atoms. The second-order valence-corrected chi connectivity index (χ2v) is 8.88. The maximum Gasteiger partial charge on any atom is 0.233 e. The number of piperazine rings is 1. The Hall–Kier alpha value is -2.36. The Labute approximate surface area is 162 Å². The van der Waals surface area contributed by atoms with E-state index in [4.69, 9.17) is 0 Å². The molecule has 0 spiro atoms. The van der Waals surface area contributed by atoms with Gasteiger partial charge in [0.05, 0.1) is 5.41 Å². The third-order valence-electron chi connectivity index (χ3n) is 6.00. The van der Waals surface area contributed by atoms with Crippen LogP contribution in [0.5, 0.6) is 0 Å². The average Bonchev–Trinajstić information content (AvgIpc) is 3.50. The molecule has 1 aromatic carbocycles. The van der Waals surface area contributed by atoms with E-state index in [0.29, 0.717) is 5.91 Å². The second kappa shape index (κ2) is 6.66. The van der Waals surface area contributed by atoms with Crippen molar-refractivity contribution in [1.29, 1.82) is 0 Å². The van der Waals surface area contributed by atoms with Crippen molar-refractivity contribution in [2.75, 3.05) is 31.1 Å². The molecular weight excluding hydrogens is 334 g/mol. The first-order valence-corrected chi connectivity index (χ1v) is 9.97. The lowest BCUT2D eigenvalue weighted by Gasteiger charge is -2.37. The Kier molecular flexibility index (Phi) is 4.45. The summed E-state index contributed by atoms with van der Waals surface area (Å²) in [6, 6.07) is 14.7. The lowest BCUT2D eigenvalue weighted by Crippen LogP contribution is -2.51. The van der Waals surface area contributed by atoms with E-state index in [1.165, 1.54) is 11.1 Å². The molecule has 1 saturated heterocycles. The summed E-state index contributed by atoms with van der Waals surface area (Å²) in [4.78, 5) is 22.1. The van der Waals surface area contributed by atoms with Gasteiger partial charge >= 0.3 is 0 Å². The zero-order chi connectivity index (χ0) is 19.1. The van der Waals surface area contributed by atoms with E-state index >= 15 is 0 Å². The Morgan fingerprint density at radius 2 is 1.63 bits per heavy atom. The van der Waals surface area contributed by atoms with Crippen LogP contribution < -0.4 is 4.90 Å². The summed E-state index contributed by atoms with van der Waals surface area (Å²) in [6.07, 6.45) is 3.77. The van der Waals surface area contributed by atoms with E-state index in [1.807, 2.05) is 24.4 Å². The number of pyridine rings is 1. The van der Waals surface area contributed by atoms with Crippen LogP contribution in [0, 0.1) is 0 Å². The van der Waals surface area contributed by atoms with Crippen LogP contribution in [0.25, 0.3) is 0 Å². The number of aromatic nitrogens is 1. The summed E-state index contributed by atoms with van der Waals surface area (Å²) in [5.41, 5.74) is 2.37. The quantitative estimate of drug-likeness (QED) is 0.833. The molecule has 1 aliphatic heterocycles. The van der Waals surface area contributed by atoms with E-state index in [2.05, 4.69) is 59.8 Å². The van der Waals surface area contributed by atoms with Crippen LogP contribution in [0.3, 0.4) is 0 Å². The highest BCUT2D eigenvalue weighted by Crippen LogP contribution is 2.50. The highest BCUT2D eigenvalue weighted by Gasteiger charge is 2.53. The van der Waals surface area contributed by atoms with Crippen LogP contribution in [0.1, 0.15) is 44.7 Å². The lowest BCUT2D eigenvalue weighted by atomic mass is 9.84. The van der Waals surface area contributed by atoms with Crippen molar-refractivity contribution in [3.05, 3.63) is 59.8 Å². The van der Waals surface area contributed by atoms with Gasteiger partial charge in [0.15, 0.2) is 0 Å². The van der Waals surface area contributed by atoms with E-state index in [-0.39, 0.29) is 10.8 Å². The molecule has 2 fully saturated rings.